The molecule has 0 unspecified atom stereocenters. The maximum atomic E-state index is 12.8. The number of anilines is 3. The van der Waals surface area contributed by atoms with Gasteiger partial charge in [0.25, 0.3) is 11.5 Å². The molecule has 0 aromatic carbocycles. The average molecular weight is 408 g/mol. The monoisotopic (exact) mass is 408 g/mol. The lowest BCUT2D eigenvalue weighted by Crippen LogP contribution is -2.24. The van der Waals surface area contributed by atoms with Crippen LogP contribution in [0.4, 0.5) is 17.3 Å². The van der Waals surface area contributed by atoms with Crippen LogP contribution in [0.1, 0.15) is 55.4 Å². The Morgan fingerprint density at radius 3 is 2.57 bits per heavy atom. The molecular formula is C20H24N8O2. The fraction of sp³-hybridized carbons (Fsp3) is 0.450. The van der Waals surface area contributed by atoms with E-state index in [1.807, 2.05) is 6.07 Å². The third-order valence-corrected chi connectivity index (χ3v) is 5.51. The molecule has 30 heavy (non-hydrogen) atoms. The number of imidazole rings is 1. The van der Waals surface area contributed by atoms with Gasteiger partial charge in [0.15, 0.2) is 11.3 Å². The van der Waals surface area contributed by atoms with Gasteiger partial charge in [-0.25, -0.2) is 14.5 Å². The van der Waals surface area contributed by atoms with Crippen molar-refractivity contribution >= 4 is 28.9 Å². The van der Waals surface area contributed by atoms with Crippen molar-refractivity contribution in [3.63, 3.8) is 0 Å². The number of hydrogen-bond donors (Lipinski definition) is 4. The van der Waals surface area contributed by atoms with Crippen molar-refractivity contribution in [2.24, 2.45) is 0 Å². The van der Waals surface area contributed by atoms with Gasteiger partial charge in [-0.2, -0.15) is 0 Å². The Labute approximate surface area is 172 Å². The number of hydrogen-bond acceptors (Lipinski definition) is 7. The molecule has 3 heterocycles. The van der Waals surface area contributed by atoms with Crippen LogP contribution in [0.25, 0.3) is 5.65 Å². The molecule has 3 aromatic heterocycles. The quantitative estimate of drug-likeness (QED) is 0.493. The molecule has 5 rings (SSSR count). The second-order valence-corrected chi connectivity index (χ2v) is 7.97. The van der Waals surface area contributed by atoms with Crippen LogP contribution in [0.3, 0.4) is 0 Å². The van der Waals surface area contributed by atoms with Gasteiger partial charge in [-0.3, -0.25) is 9.59 Å². The summed E-state index contributed by atoms with van der Waals surface area (Å²) in [4.78, 5) is 35.1. The second kappa shape index (κ2) is 7.77. The van der Waals surface area contributed by atoms with Gasteiger partial charge in [-0.15, -0.1) is 5.10 Å². The Morgan fingerprint density at radius 1 is 1.00 bits per heavy atom. The highest BCUT2D eigenvalue weighted by molar-refractivity contribution is 6.03. The summed E-state index contributed by atoms with van der Waals surface area (Å²) in [7, 11) is 0. The van der Waals surface area contributed by atoms with Gasteiger partial charge in [0.2, 0.25) is 0 Å². The van der Waals surface area contributed by atoms with Gasteiger partial charge < -0.3 is 20.9 Å². The van der Waals surface area contributed by atoms with E-state index in [0.717, 1.165) is 37.2 Å². The summed E-state index contributed by atoms with van der Waals surface area (Å²) in [6, 6.07) is 4.03. The molecule has 0 atom stereocenters. The van der Waals surface area contributed by atoms with Crippen LogP contribution in [0.15, 0.2) is 29.5 Å². The lowest BCUT2D eigenvalue weighted by atomic mass is 9.95. The Kier molecular flexibility index (Phi) is 4.82. The van der Waals surface area contributed by atoms with Gasteiger partial charge in [0, 0.05) is 24.2 Å². The van der Waals surface area contributed by atoms with E-state index in [2.05, 4.69) is 36.0 Å². The van der Waals surface area contributed by atoms with E-state index < -0.39 is 5.91 Å². The summed E-state index contributed by atoms with van der Waals surface area (Å²) in [6.07, 6.45) is 10.9. The molecule has 4 N–H and O–H groups in total. The molecule has 2 aliphatic carbocycles. The predicted molar refractivity (Wildman–Crippen MR) is 113 cm³/mol. The average Bonchev–Trinajstić information content (AvgIpc) is 3.44. The third kappa shape index (κ3) is 3.98. The van der Waals surface area contributed by atoms with Crippen LogP contribution in [0.5, 0.6) is 0 Å². The highest BCUT2D eigenvalue weighted by atomic mass is 16.2. The first-order valence-electron chi connectivity index (χ1n) is 10.4. The van der Waals surface area contributed by atoms with Crippen LogP contribution >= 0.6 is 0 Å². The molecule has 0 bridgehead atoms. The maximum Gasteiger partial charge on any atom is 0.277 e. The highest BCUT2D eigenvalue weighted by Gasteiger charge is 2.25. The summed E-state index contributed by atoms with van der Waals surface area (Å²) >= 11 is 0. The minimum atomic E-state index is -0.430. The van der Waals surface area contributed by atoms with E-state index in [1.165, 1.54) is 37.9 Å². The van der Waals surface area contributed by atoms with Crippen molar-refractivity contribution < 1.29 is 4.79 Å². The van der Waals surface area contributed by atoms with Crippen molar-refractivity contribution in [3.8, 4) is 0 Å². The van der Waals surface area contributed by atoms with Crippen molar-refractivity contribution in [2.75, 3.05) is 16.0 Å². The number of fused-ring (bicyclic) bond motifs is 1. The van der Waals surface area contributed by atoms with E-state index >= 15 is 0 Å². The standard InChI is InChI=1S/C20H24N8O2/c29-18-9-16(22-11-23-18)26-20(30)15-10-21-19-14(24-13-6-7-13)8-17(27-28(15)19)25-12-4-2-1-3-5-12/h8-13,24H,1-7H2,(H,25,27)(H2,22,23,26,29,30). The van der Waals surface area contributed by atoms with Crippen LogP contribution in [-0.4, -0.2) is 42.6 Å². The number of amides is 1. The van der Waals surface area contributed by atoms with Gasteiger partial charge >= 0.3 is 0 Å². The zero-order valence-corrected chi connectivity index (χ0v) is 16.5. The first-order chi connectivity index (χ1) is 14.7. The lowest BCUT2D eigenvalue weighted by Gasteiger charge is -2.23. The number of aromatic nitrogens is 5. The third-order valence-electron chi connectivity index (χ3n) is 5.51. The SMILES string of the molecule is O=C(Nc1cc(=O)[nH]cn1)c1cnc2c(NC3CC3)cc(NC3CCCCC3)nn12. The van der Waals surface area contributed by atoms with E-state index in [4.69, 9.17) is 0 Å². The molecule has 0 saturated heterocycles. The zero-order chi connectivity index (χ0) is 20.5. The van der Waals surface area contributed by atoms with E-state index in [9.17, 15) is 9.59 Å². The topological polar surface area (TPSA) is 129 Å². The van der Waals surface area contributed by atoms with E-state index in [0.29, 0.717) is 17.7 Å². The molecule has 2 saturated carbocycles. The molecule has 3 aromatic rings. The molecule has 2 aliphatic rings. The van der Waals surface area contributed by atoms with Gasteiger partial charge in [0.05, 0.1) is 18.2 Å². The van der Waals surface area contributed by atoms with Crippen LogP contribution in [0, 0.1) is 0 Å². The molecule has 1 amide bonds. The second-order valence-electron chi connectivity index (χ2n) is 7.97. The van der Waals surface area contributed by atoms with Crippen molar-refractivity contribution in [1.82, 2.24) is 24.6 Å². The Morgan fingerprint density at radius 2 is 1.80 bits per heavy atom. The van der Waals surface area contributed by atoms with E-state index in [1.54, 1.807) is 4.52 Å². The largest absolute Gasteiger partial charge is 0.379 e. The summed E-state index contributed by atoms with van der Waals surface area (Å²) in [5.41, 5.74) is 1.39. The summed E-state index contributed by atoms with van der Waals surface area (Å²) in [6.45, 7) is 0. The molecule has 10 heteroatoms. The molecule has 10 nitrogen and oxygen atoms in total. The predicted octanol–water partition coefficient (Wildman–Crippen LogP) is 2.38. The van der Waals surface area contributed by atoms with Crippen molar-refractivity contribution in [2.45, 2.75) is 57.0 Å². The molecule has 0 aliphatic heterocycles. The number of carbonyl (C=O) groups is 1. The summed E-state index contributed by atoms with van der Waals surface area (Å²) in [5.74, 6) is 0.464. The van der Waals surface area contributed by atoms with Crippen LogP contribution < -0.4 is 21.5 Å². The Balaban J connectivity index is 1.47. The number of H-pyrrole nitrogens is 1. The molecule has 156 valence electrons. The fourth-order valence-electron chi connectivity index (χ4n) is 3.82. The zero-order valence-electron chi connectivity index (χ0n) is 16.5. The van der Waals surface area contributed by atoms with Gasteiger partial charge in [-0.05, 0) is 25.7 Å². The molecule has 0 radical (unpaired) electrons. The molecular weight excluding hydrogens is 384 g/mol. The van der Waals surface area contributed by atoms with Crippen molar-refractivity contribution in [3.05, 3.63) is 40.7 Å². The minimum Gasteiger partial charge on any atom is -0.379 e. The number of rotatable bonds is 6. The normalized spacial score (nSPS) is 17.1. The van der Waals surface area contributed by atoms with Crippen LogP contribution in [-0.2, 0) is 0 Å². The number of nitrogens with zero attached hydrogens (tertiary/aromatic N) is 4. The molecule has 2 fully saturated rings. The maximum absolute atomic E-state index is 12.8. The first-order valence-corrected chi connectivity index (χ1v) is 10.4. The van der Waals surface area contributed by atoms with E-state index in [-0.39, 0.29) is 17.1 Å². The fourth-order valence-corrected chi connectivity index (χ4v) is 3.82. The molecule has 0 spiro atoms. The number of carbonyl (C=O) groups excluding carboxylic acids is 1. The summed E-state index contributed by atoms with van der Waals surface area (Å²) < 4.78 is 1.55. The number of aromatic amines is 1. The Hall–Kier alpha value is -3.43. The van der Waals surface area contributed by atoms with Gasteiger partial charge in [-0.1, -0.05) is 19.3 Å². The van der Waals surface area contributed by atoms with Crippen molar-refractivity contribution in [1.29, 1.82) is 0 Å². The van der Waals surface area contributed by atoms with Crippen LogP contribution in [0.2, 0.25) is 0 Å². The lowest BCUT2D eigenvalue weighted by molar-refractivity contribution is 0.102. The first kappa shape index (κ1) is 18.6. The minimum absolute atomic E-state index is 0.173. The number of nitrogens with one attached hydrogen (secondary N) is 4. The summed E-state index contributed by atoms with van der Waals surface area (Å²) in [5, 5.41) is 14.3. The van der Waals surface area contributed by atoms with Gasteiger partial charge in [0.1, 0.15) is 11.6 Å². The Bertz CT molecular complexity index is 1130. The smallest absolute Gasteiger partial charge is 0.277 e. The highest BCUT2D eigenvalue weighted by Crippen LogP contribution is 2.29.